The van der Waals surface area contributed by atoms with E-state index in [1.54, 1.807) is 7.11 Å². The van der Waals surface area contributed by atoms with Gasteiger partial charge in [-0.3, -0.25) is 4.55 Å². The largest absolute Gasteiger partial charge is 0.382 e. The van der Waals surface area contributed by atoms with Crippen molar-refractivity contribution in [2.75, 3.05) is 32.6 Å². The smallest absolute Gasteiger partial charge is 0.267 e. The SMILES string of the molecule is COCCOC(CNC1CCCCC1)CS(=O)(=O)O. The fourth-order valence-electron chi connectivity index (χ4n) is 2.30. The molecule has 0 spiro atoms. The molecule has 0 aliphatic heterocycles. The second-order valence-electron chi connectivity index (χ2n) is 4.98. The number of methoxy groups -OCH3 is 1. The van der Waals surface area contributed by atoms with E-state index in [0.717, 1.165) is 12.8 Å². The molecule has 1 saturated carbocycles. The van der Waals surface area contributed by atoms with Gasteiger partial charge in [0.15, 0.2) is 0 Å². The van der Waals surface area contributed by atoms with Crippen molar-refractivity contribution in [3.8, 4) is 0 Å². The van der Waals surface area contributed by atoms with Gasteiger partial charge in [0.1, 0.15) is 5.75 Å². The van der Waals surface area contributed by atoms with Crippen molar-refractivity contribution in [2.24, 2.45) is 0 Å². The van der Waals surface area contributed by atoms with Crippen molar-refractivity contribution < 1.29 is 22.4 Å². The minimum absolute atomic E-state index is 0.322. The summed E-state index contributed by atoms with van der Waals surface area (Å²) in [5.74, 6) is -0.379. The van der Waals surface area contributed by atoms with Gasteiger partial charge in [-0.1, -0.05) is 19.3 Å². The van der Waals surface area contributed by atoms with Gasteiger partial charge in [0.05, 0.1) is 19.3 Å². The molecule has 0 aromatic carbocycles. The average Bonchev–Trinajstić information content (AvgIpc) is 2.36. The molecule has 1 atom stereocenters. The van der Waals surface area contributed by atoms with Crippen LogP contribution in [-0.2, 0) is 19.6 Å². The van der Waals surface area contributed by atoms with Crippen molar-refractivity contribution >= 4 is 10.1 Å². The maximum Gasteiger partial charge on any atom is 0.267 e. The Morgan fingerprint density at radius 2 is 1.95 bits per heavy atom. The molecular weight excluding hydrogens is 270 g/mol. The molecular formula is C12H25NO5S. The zero-order valence-electron chi connectivity index (χ0n) is 11.5. The molecule has 0 bridgehead atoms. The highest BCUT2D eigenvalue weighted by Gasteiger charge is 2.20. The molecule has 19 heavy (non-hydrogen) atoms. The number of hydrogen-bond donors (Lipinski definition) is 2. The van der Waals surface area contributed by atoms with E-state index < -0.39 is 16.2 Å². The Hall–Kier alpha value is -0.210. The van der Waals surface area contributed by atoms with Gasteiger partial charge in [-0.15, -0.1) is 0 Å². The summed E-state index contributed by atoms with van der Waals surface area (Å²) < 4.78 is 41.1. The summed E-state index contributed by atoms with van der Waals surface area (Å²) in [5, 5.41) is 3.33. The quantitative estimate of drug-likeness (QED) is 0.484. The van der Waals surface area contributed by atoms with Crippen molar-refractivity contribution in [1.82, 2.24) is 5.32 Å². The molecule has 2 N–H and O–H groups in total. The first-order valence-electron chi connectivity index (χ1n) is 6.80. The van der Waals surface area contributed by atoms with Crippen molar-refractivity contribution in [2.45, 2.75) is 44.2 Å². The van der Waals surface area contributed by atoms with E-state index in [1.807, 2.05) is 0 Å². The Labute approximate surface area is 115 Å². The number of ether oxygens (including phenoxy) is 2. The fraction of sp³-hybridized carbons (Fsp3) is 1.00. The molecule has 6 nitrogen and oxygen atoms in total. The lowest BCUT2D eigenvalue weighted by Crippen LogP contribution is -2.41. The normalized spacial score (nSPS) is 19.5. The summed E-state index contributed by atoms with van der Waals surface area (Å²) in [6, 6.07) is 0.434. The molecule has 0 amide bonds. The van der Waals surface area contributed by atoms with Crippen molar-refractivity contribution in [3.63, 3.8) is 0 Å². The highest BCUT2D eigenvalue weighted by atomic mass is 32.2. The molecule has 0 radical (unpaired) electrons. The van der Waals surface area contributed by atoms with Crippen LogP contribution in [0.3, 0.4) is 0 Å². The van der Waals surface area contributed by atoms with E-state index in [2.05, 4.69) is 5.32 Å². The van der Waals surface area contributed by atoms with Crippen LogP contribution in [0.1, 0.15) is 32.1 Å². The molecule has 0 saturated heterocycles. The van der Waals surface area contributed by atoms with Gasteiger partial charge in [-0.2, -0.15) is 8.42 Å². The monoisotopic (exact) mass is 295 g/mol. The number of hydrogen-bond acceptors (Lipinski definition) is 5. The van der Waals surface area contributed by atoms with E-state index in [0.29, 0.717) is 25.8 Å². The molecule has 0 aromatic heterocycles. The molecule has 1 fully saturated rings. The Balaban J connectivity index is 2.34. The highest BCUT2D eigenvalue weighted by molar-refractivity contribution is 7.85. The first-order valence-corrected chi connectivity index (χ1v) is 8.41. The predicted molar refractivity (Wildman–Crippen MR) is 72.9 cm³/mol. The predicted octanol–water partition coefficient (Wildman–Crippen LogP) is 0.828. The Bertz CT molecular complexity index is 327. The maximum atomic E-state index is 10.9. The molecule has 1 aliphatic rings. The third kappa shape index (κ3) is 8.54. The lowest BCUT2D eigenvalue weighted by Gasteiger charge is -2.25. The van der Waals surface area contributed by atoms with Crippen LogP contribution >= 0.6 is 0 Å². The molecule has 0 aromatic rings. The lowest BCUT2D eigenvalue weighted by atomic mass is 9.95. The minimum atomic E-state index is -4.02. The Morgan fingerprint density at radius 3 is 2.53 bits per heavy atom. The van der Waals surface area contributed by atoms with Gasteiger partial charge in [-0.25, -0.2) is 0 Å². The van der Waals surface area contributed by atoms with Crippen LogP contribution in [0, 0.1) is 0 Å². The van der Waals surface area contributed by atoms with E-state index in [4.69, 9.17) is 14.0 Å². The van der Waals surface area contributed by atoms with Crippen LogP contribution in [0.4, 0.5) is 0 Å². The fourth-order valence-corrected chi connectivity index (χ4v) is 2.99. The molecule has 7 heteroatoms. The zero-order valence-corrected chi connectivity index (χ0v) is 12.3. The zero-order chi connectivity index (χ0) is 14.1. The number of rotatable bonds is 9. The Morgan fingerprint density at radius 1 is 1.26 bits per heavy atom. The summed E-state index contributed by atoms with van der Waals surface area (Å²) in [4.78, 5) is 0. The third-order valence-corrected chi connectivity index (χ3v) is 4.07. The standard InChI is InChI=1S/C12H25NO5S/c1-17-7-8-18-12(10-19(14,15)16)9-13-11-5-3-2-4-6-11/h11-13H,2-10H2,1H3,(H,14,15,16). The van der Waals surface area contributed by atoms with Crippen LogP contribution in [0.5, 0.6) is 0 Å². The van der Waals surface area contributed by atoms with E-state index in [-0.39, 0.29) is 5.75 Å². The van der Waals surface area contributed by atoms with E-state index in [1.165, 1.54) is 19.3 Å². The van der Waals surface area contributed by atoms with Crippen LogP contribution in [0.25, 0.3) is 0 Å². The maximum absolute atomic E-state index is 10.9. The van der Waals surface area contributed by atoms with Gasteiger partial charge in [0.2, 0.25) is 0 Å². The summed E-state index contributed by atoms with van der Waals surface area (Å²) in [5.41, 5.74) is 0. The van der Waals surface area contributed by atoms with Gasteiger partial charge in [0, 0.05) is 19.7 Å². The summed E-state index contributed by atoms with van der Waals surface area (Å²) >= 11 is 0. The lowest BCUT2D eigenvalue weighted by molar-refractivity contribution is 0.0259. The van der Waals surface area contributed by atoms with Crippen LogP contribution < -0.4 is 5.32 Å². The summed E-state index contributed by atoms with van der Waals surface area (Å²) in [6.07, 6.45) is 5.41. The second-order valence-corrected chi connectivity index (χ2v) is 6.47. The summed E-state index contributed by atoms with van der Waals surface area (Å²) in [7, 11) is -2.46. The highest BCUT2D eigenvalue weighted by Crippen LogP contribution is 2.17. The minimum Gasteiger partial charge on any atom is -0.382 e. The topological polar surface area (TPSA) is 84.9 Å². The average molecular weight is 295 g/mol. The van der Waals surface area contributed by atoms with Crippen LogP contribution in [0.15, 0.2) is 0 Å². The third-order valence-electron chi connectivity index (χ3n) is 3.28. The van der Waals surface area contributed by atoms with Crippen LogP contribution in [0.2, 0.25) is 0 Å². The van der Waals surface area contributed by atoms with Gasteiger partial charge in [-0.05, 0) is 12.8 Å². The molecule has 0 heterocycles. The van der Waals surface area contributed by atoms with E-state index in [9.17, 15) is 8.42 Å². The first kappa shape index (κ1) is 16.8. The van der Waals surface area contributed by atoms with Gasteiger partial charge >= 0.3 is 0 Å². The first-order chi connectivity index (χ1) is 9.01. The number of nitrogens with one attached hydrogen (secondary N) is 1. The second kappa shape index (κ2) is 8.86. The molecule has 1 aliphatic carbocycles. The molecule has 1 rings (SSSR count). The summed E-state index contributed by atoms with van der Waals surface area (Å²) in [6.45, 7) is 1.17. The van der Waals surface area contributed by atoms with Crippen molar-refractivity contribution in [1.29, 1.82) is 0 Å². The van der Waals surface area contributed by atoms with Gasteiger partial charge in [0.25, 0.3) is 10.1 Å². The van der Waals surface area contributed by atoms with Gasteiger partial charge < -0.3 is 14.8 Å². The Kier molecular flexibility index (Phi) is 7.86. The molecule has 114 valence electrons. The van der Waals surface area contributed by atoms with Crippen molar-refractivity contribution in [3.05, 3.63) is 0 Å². The van der Waals surface area contributed by atoms with E-state index >= 15 is 0 Å². The molecule has 1 unspecified atom stereocenters. The van der Waals surface area contributed by atoms with Crippen LogP contribution in [-0.4, -0.2) is 57.7 Å².